The second kappa shape index (κ2) is 6.98. The zero-order chi connectivity index (χ0) is 12.7. The highest BCUT2D eigenvalue weighted by Crippen LogP contribution is 2.21. The Hall–Kier alpha value is -0.590. The third kappa shape index (κ3) is 5.06. The highest BCUT2D eigenvalue weighted by atomic mass is 15.2. The Morgan fingerprint density at radius 1 is 1.47 bits per heavy atom. The van der Waals surface area contributed by atoms with Gasteiger partial charge in [0.15, 0.2) is 0 Å². The van der Waals surface area contributed by atoms with E-state index in [1.807, 2.05) is 0 Å². The molecule has 0 amide bonds. The Labute approximate surface area is 106 Å². The molecule has 0 saturated carbocycles. The molecule has 3 nitrogen and oxygen atoms in total. The van der Waals surface area contributed by atoms with Crippen molar-refractivity contribution in [3.8, 4) is 6.07 Å². The van der Waals surface area contributed by atoms with E-state index in [0.717, 1.165) is 25.6 Å². The van der Waals surface area contributed by atoms with Gasteiger partial charge in [-0.2, -0.15) is 5.26 Å². The molecule has 1 saturated heterocycles. The third-order valence-electron chi connectivity index (χ3n) is 3.80. The van der Waals surface area contributed by atoms with Crippen molar-refractivity contribution < 1.29 is 0 Å². The van der Waals surface area contributed by atoms with E-state index in [4.69, 9.17) is 5.26 Å². The Balaban J connectivity index is 2.20. The largest absolute Gasteiger partial charge is 0.315 e. The maximum atomic E-state index is 8.62. The van der Waals surface area contributed by atoms with Gasteiger partial charge < -0.3 is 5.32 Å². The zero-order valence-electron chi connectivity index (χ0n) is 11.6. The molecule has 1 N–H and O–H groups in total. The number of nitrogens with one attached hydrogen (secondary N) is 1. The van der Waals surface area contributed by atoms with E-state index >= 15 is 0 Å². The average Bonchev–Trinajstić information content (AvgIpc) is 2.74. The standard InChI is InChI=1S/C14H27N3/c1-4-17-10-5-7-13(17)11-16-12-14(2,3)8-6-9-15/h13,16H,4-8,10-12H2,1-3H3. The lowest BCUT2D eigenvalue weighted by Gasteiger charge is -2.27. The Morgan fingerprint density at radius 3 is 2.88 bits per heavy atom. The summed E-state index contributed by atoms with van der Waals surface area (Å²) in [6.45, 7) is 11.3. The summed E-state index contributed by atoms with van der Waals surface area (Å²) in [6.07, 6.45) is 4.33. The van der Waals surface area contributed by atoms with Gasteiger partial charge in [0, 0.05) is 25.6 Å². The van der Waals surface area contributed by atoms with Crippen LogP contribution in [0.2, 0.25) is 0 Å². The topological polar surface area (TPSA) is 39.1 Å². The van der Waals surface area contributed by atoms with Crippen molar-refractivity contribution in [3.63, 3.8) is 0 Å². The molecule has 0 bridgehead atoms. The van der Waals surface area contributed by atoms with Crippen LogP contribution >= 0.6 is 0 Å². The average molecular weight is 237 g/mol. The minimum atomic E-state index is 0.241. The fourth-order valence-corrected chi connectivity index (χ4v) is 2.60. The number of hydrogen-bond acceptors (Lipinski definition) is 3. The Bertz CT molecular complexity index is 255. The number of nitrogens with zero attached hydrogens (tertiary/aromatic N) is 2. The van der Waals surface area contributed by atoms with Gasteiger partial charge in [-0.1, -0.05) is 20.8 Å². The van der Waals surface area contributed by atoms with Crippen molar-refractivity contribution in [2.24, 2.45) is 5.41 Å². The van der Waals surface area contributed by atoms with Crippen LogP contribution < -0.4 is 5.32 Å². The van der Waals surface area contributed by atoms with Crippen LogP contribution in [0.25, 0.3) is 0 Å². The lowest BCUT2D eigenvalue weighted by molar-refractivity contribution is 0.243. The van der Waals surface area contributed by atoms with Crippen LogP contribution in [-0.2, 0) is 0 Å². The Morgan fingerprint density at radius 2 is 2.24 bits per heavy atom. The van der Waals surface area contributed by atoms with Gasteiger partial charge in [-0.25, -0.2) is 0 Å². The van der Waals surface area contributed by atoms with E-state index < -0.39 is 0 Å². The lowest BCUT2D eigenvalue weighted by atomic mass is 9.88. The van der Waals surface area contributed by atoms with Gasteiger partial charge in [0.2, 0.25) is 0 Å². The van der Waals surface area contributed by atoms with Crippen LogP contribution in [0.5, 0.6) is 0 Å². The molecule has 1 fully saturated rings. The second-order valence-corrected chi connectivity index (χ2v) is 5.88. The minimum absolute atomic E-state index is 0.241. The van der Waals surface area contributed by atoms with Gasteiger partial charge in [-0.15, -0.1) is 0 Å². The maximum Gasteiger partial charge on any atom is 0.0621 e. The van der Waals surface area contributed by atoms with Crippen molar-refractivity contribution in [1.29, 1.82) is 5.26 Å². The van der Waals surface area contributed by atoms with Crippen LogP contribution in [0.3, 0.4) is 0 Å². The Kier molecular flexibility index (Phi) is 5.94. The smallest absolute Gasteiger partial charge is 0.0621 e. The van der Waals surface area contributed by atoms with Gasteiger partial charge in [-0.05, 0) is 37.8 Å². The van der Waals surface area contributed by atoms with Crippen molar-refractivity contribution in [3.05, 3.63) is 0 Å². The van der Waals surface area contributed by atoms with Crippen molar-refractivity contribution in [1.82, 2.24) is 10.2 Å². The van der Waals surface area contributed by atoms with Crippen LogP contribution in [0.4, 0.5) is 0 Å². The number of nitriles is 1. The van der Waals surface area contributed by atoms with Gasteiger partial charge in [-0.3, -0.25) is 4.90 Å². The van der Waals surface area contributed by atoms with Gasteiger partial charge in [0.25, 0.3) is 0 Å². The highest BCUT2D eigenvalue weighted by molar-refractivity contribution is 4.83. The predicted octanol–water partition coefficient (Wildman–Crippen LogP) is 2.39. The molecule has 0 aromatic rings. The predicted molar refractivity (Wildman–Crippen MR) is 71.8 cm³/mol. The molecule has 1 aliphatic rings. The first-order chi connectivity index (χ1) is 8.09. The fraction of sp³-hybridized carbons (Fsp3) is 0.929. The van der Waals surface area contributed by atoms with Crippen LogP contribution in [0.15, 0.2) is 0 Å². The lowest BCUT2D eigenvalue weighted by Crippen LogP contribution is -2.40. The van der Waals surface area contributed by atoms with Crippen LogP contribution in [0, 0.1) is 16.7 Å². The van der Waals surface area contributed by atoms with Crippen LogP contribution in [-0.4, -0.2) is 37.1 Å². The van der Waals surface area contributed by atoms with Crippen molar-refractivity contribution in [2.45, 2.75) is 52.5 Å². The number of likely N-dealkylation sites (N-methyl/N-ethyl adjacent to an activating group) is 1. The molecule has 0 spiro atoms. The first-order valence-corrected chi connectivity index (χ1v) is 6.91. The molecule has 17 heavy (non-hydrogen) atoms. The summed E-state index contributed by atoms with van der Waals surface area (Å²) in [5, 5.41) is 12.2. The summed E-state index contributed by atoms with van der Waals surface area (Å²) in [5.41, 5.74) is 0.241. The summed E-state index contributed by atoms with van der Waals surface area (Å²) >= 11 is 0. The number of hydrogen-bond donors (Lipinski definition) is 1. The molecular formula is C14H27N3. The molecule has 0 aromatic heterocycles. The van der Waals surface area contributed by atoms with E-state index in [-0.39, 0.29) is 5.41 Å². The molecule has 3 heteroatoms. The molecule has 1 unspecified atom stereocenters. The summed E-state index contributed by atoms with van der Waals surface area (Å²) < 4.78 is 0. The molecule has 1 heterocycles. The third-order valence-corrected chi connectivity index (χ3v) is 3.80. The molecule has 0 aliphatic carbocycles. The molecule has 98 valence electrons. The molecule has 0 radical (unpaired) electrons. The first kappa shape index (κ1) is 14.5. The van der Waals surface area contributed by atoms with Gasteiger partial charge >= 0.3 is 0 Å². The van der Waals surface area contributed by atoms with Crippen LogP contribution in [0.1, 0.15) is 46.5 Å². The van der Waals surface area contributed by atoms with Crippen molar-refractivity contribution in [2.75, 3.05) is 26.2 Å². The molecule has 1 rings (SSSR count). The quantitative estimate of drug-likeness (QED) is 0.739. The van der Waals surface area contributed by atoms with Crippen molar-refractivity contribution >= 4 is 0 Å². The van der Waals surface area contributed by atoms with E-state index in [1.54, 1.807) is 0 Å². The molecular weight excluding hydrogens is 210 g/mol. The number of rotatable bonds is 7. The van der Waals surface area contributed by atoms with E-state index in [0.29, 0.717) is 6.42 Å². The van der Waals surface area contributed by atoms with Gasteiger partial charge in [0.1, 0.15) is 0 Å². The highest BCUT2D eigenvalue weighted by Gasteiger charge is 2.23. The summed E-state index contributed by atoms with van der Waals surface area (Å²) in [6, 6.07) is 2.96. The summed E-state index contributed by atoms with van der Waals surface area (Å²) in [5.74, 6) is 0. The summed E-state index contributed by atoms with van der Waals surface area (Å²) in [4.78, 5) is 2.56. The normalized spacial score (nSPS) is 21.6. The SMILES string of the molecule is CCN1CCCC1CNCC(C)(C)CCC#N. The minimum Gasteiger partial charge on any atom is -0.315 e. The zero-order valence-corrected chi connectivity index (χ0v) is 11.6. The molecule has 0 aromatic carbocycles. The monoisotopic (exact) mass is 237 g/mol. The second-order valence-electron chi connectivity index (χ2n) is 5.88. The molecule has 1 atom stereocenters. The van der Waals surface area contributed by atoms with Gasteiger partial charge in [0.05, 0.1) is 6.07 Å². The maximum absolute atomic E-state index is 8.62. The van der Waals surface area contributed by atoms with E-state index in [2.05, 4.69) is 37.1 Å². The fourth-order valence-electron chi connectivity index (χ4n) is 2.60. The van der Waals surface area contributed by atoms with E-state index in [9.17, 15) is 0 Å². The summed E-state index contributed by atoms with van der Waals surface area (Å²) in [7, 11) is 0. The first-order valence-electron chi connectivity index (χ1n) is 6.91. The number of likely N-dealkylation sites (tertiary alicyclic amines) is 1. The molecule has 1 aliphatic heterocycles. The van der Waals surface area contributed by atoms with E-state index in [1.165, 1.54) is 25.9 Å².